The number of rotatable bonds is 0. The zero-order chi connectivity index (χ0) is 6.20. The van der Waals surface area contributed by atoms with E-state index in [4.69, 9.17) is 5.26 Å². The molecule has 1 rings (SSSR count). The summed E-state index contributed by atoms with van der Waals surface area (Å²) in [6.07, 6.45) is 2.98. The van der Waals surface area contributed by atoms with Gasteiger partial charge in [-0.25, -0.2) is 0 Å². The predicted molar refractivity (Wildman–Crippen MR) is 32.1 cm³/mol. The Kier molecular flexibility index (Phi) is 0.907. The average molecular weight is 107 g/mol. The van der Waals surface area contributed by atoms with Gasteiger partial charge in [0.1, 0.15) is 0 Å². The van der Waals surface area contributed by atoms with Gasteiger partial charge in [0.25, 0.3) is 0 Å². The van der Waals surface area contributed by atoms with E-state index in [-0.39, 0.29) is 5.41 Å². The van der Waals surface area contributed by atoms with Gasteiger partial charge in [0.2, 0.25) is 0 Å². The highest BCUT2D eigenvalue weighted by atomic mass is 14.4. The van der Waals surface area contributed by atoms with Gasteiger partial charge in [-0.1, -0.05) is 11.6 Å². The molecule has 0 aromatic rings. The topological polar surface area (TPSA) is 23.8 Å². The van der Waals surface area contributed by atoms with E-state index in [2.05, 4.69) is 13.0 Å². The van der Waals surface area contributed by atoms with Crippen LogP contribution in [0.5, 0.6) is 0 Å². The van der Waals surface area contributed by atoms with Gasteiger partial charge in [-0.2, -0.15) is 5.26 Å². The van der Waals surface area contributed by atoms with Gasteiger partial charge in [0.05, 0.1) is 11.5 Å². The maximum Gasteiger partial charge on any atom is 0.0764 e. The molecule has 42 valence electrons. The third-order valence-electron chi connectivity index (χ3n) is 1.47. The van der Waals surface area contributed by atoms with Crippen LogP contribution >= 0.6 is 0 Å². The molecular formula is C7H9N. The summed E-state index contributed by atoms with van der Waals surface area (Å²) in [6.45, 7) is 4.01. The van der Waals surface area contributed by atoms with Crippen molar-refractivity contribution in [1.29, 1.82) is 5.26 Å². The molecule has 0 radical (unpaired) electrons. The molecule has 1 atom stereocenters. The molecule has 8 heavy (non-hydrogen) atoms. The smallest absolute Gasteiger partial charge is 0.0764 e. The van der Waals surface area contributed by atoms with E-state index in [1.54, 1.807) is 0 Å². The van der Waals surface area contributed by atoms with Crippen LogP contribution < -0.4 is 0 Å². The number of allylic oxidation sites excluding steroid dienone is 2. The maximum absolute atomic E-state index is 8.47. The molecule has 0 saturated carbocycles. The predicted octanol–water partition coefficient (Wildman–Crippen LogP) is 1.87. The molecule has 0 aromatic carbocycles. The van der Waals surface area contributed by atoms with Crippen molar-refractivity contribution in [1.82, 2.24) is 0 Å². The fourth-order valence-corrected chi connectivity index (χ4v) is 1.17. The minimum Gasteiger partial charge on any atom is -0.197 e. The summed E-state index contributed by atoms with van der Waals surface area (Å²) in [5, 5.41) is 8.47. The van der Waals surface area contributed by atoms with Crippen LogP contribution in [-0.2, 0) is 0 Å². The van der Waals surface area contributed by atoms with Crippen LogP contribution in [0.3, 0.4) is 0 Å². The van der Waals surface area contributed by atoms with Crippen molar-refractivity contribution in [3.05, 3.63) is 11.6 Å². The van der Waals surface area contributed by atoms with Crippen LogP contribution in [0.2, 0.25) is 0 Å². The fourth-order valence-electron chi connectivity index (χ4n) is 1.17. The number of nitriles is 1. The van der Waals surface area contributed by atoms with Crippen molar-refractivity contribution >= 4 is 0 Å². The highest BCUT2D eigenvalue weighted by Crippen LogP contribution is 2.36. The number of nitrogens with zero attached hydrogens (tertiary/aromatic N) is 1. The Morgan fingerprint density at radius 2 is 2.38 bits per heavy atom. The van der Waals surface area contributed by atoms with Crippen molar-refractivity contribution in [2.24, 2.45) is 5.41 Å². The van der Waals surface area contributed by atoms with Crippen LogP contribution in [-0.4, -0.2) is 0 Å². The van der Waals surface area contributed by atoms with E-state index in [1.807, 2.05) is 13.0 Å². The second-order valence-electron chi connectivity index (χ2n) is 2.70. The molecule has 0 amide bonds. The van der Waals surface area contributed by atoms with Gasteiger partial charge in [0, 0.05) is 0 Å². The molecule has 0 N–H and O–H groups in total. The third-order valence-corrected chi connectivity index (χ3v) is 1.47. The highest BCUT2D eigenvalue weighted by molar-refractivity contribution is 5.28. The van der Waals surface area contributed by atoms with Crippen molar-refractivity contribution in [3.63, 3.8) is 0 Å². The first-order valence-corrected chi connectivity index (χ1v) is 2.76. The van der Waals surface area contributed by atoms with Crippen molar-refractivity contribution < 1.29 is 0 Å². The van der Waals surface area contributed by atoms with Crippen LogP contribution in [0.25, 0.3) is 0 Å². The number of hydrogen-bond acceptors (Lipinski definition) is 1. The zero-order valence-corrected chi connectivity index (χ0v) is 5.23. The first-order chi connectivity index (χ1) is 3.66. The van der Waals surface area contributed by atoms with Gasteiger partial charge in [-0.15, -0.1) is 0 Å². The van der Waals surface area contributed by atoms with Crippen molar-refractivity contribution in [2.75, 3.05) is 0 Å². The Bertz CT molecular complexity index is 173. The van der Waals surface area contributed by atoms with E-state index in [0.717, 1.165) is 6.42 Å². The summed E-state index contributed by atoms with van der Waals surface area (Å²) in [5.74, 6) is 0. The summed E-state index contributed by atoms with van der Waals surface area (Å²) in [6, 6.07) is 2.23. The van der Waals surface area contributed by atoms with Crippen LogP contribution in [0, 0.1) is 16.7 Å². The molecule has 0 saturated heterocycles. The lowest BCUT2D eigenvalue weighted by Crippen LogP contribution is -2.19. The Labute approximate surface area is 49.6 Å². The monoisotopic (exact) mass is 107 g/mol. The van der Waals surface area contributed by atoms with Crippen molar-refractivity contribution in [2.45, 2.75) is 20.3 Å². The van der Waals surface area contributed by atoms with Crippen LogP contribution in [0.1, 0.15) is 20.3 Å². The molecule has 1 nitrogen and oxygen atoms in total. The largest absolute Gasteiger partial charge is 0.197 e. The van der Waals surface area contributed by atoms with Crippen molar-refractivity contribution in [3.8, 4) is 6.07 Å². The van der Waals surface area contributed by atoms with Gasteiger partial charge in [-0.05, 0) is 20.3 Å². The highest BCUT2D eigenvalue weighted by Gasteiger charge is 2.28. The molecule has 0 spiro atoms. The minimum absolute atomic E-state index is 0.121. The van der Waals surface area contributed by atoms with Gasteiger partial charge >= 0.3 is 0 Å². The molecule has 1 aliphatic carbocycles. The average Bonchev–Trinajstić information content (AvgIpc) is 1.63. The second-order valence-corrected chi connectivity index (χ2v) is 2.70. The SMILES string of the molecule is CC1=CC(C)(C#N)C1. The Morgan fingerprint density at radius 1 is 1.88 bits per heavy atom. The molecule has 0 fully saturated rings. The summed E-state index contributed by atoms with van der Waals surface area (Å²) in [7, 11) is 0. The molecule has 1 unspecified atom stereocenters. The first-order valence-electron chi connectivity index (χ1n) is 2.76. The lowest BCUT2D eigenvalue weighted by Gasteiger charge is -2.27. The van der Waals surface area contributed by atoms with Crippen LogP contribution in [0.15, 0.2) is 11.6 Å². The molecule has 1 aliphatic rings. The Morgan fingerprint density at radius 3 is 2.50 bits per heavy atom. The van der Waals surface area contributed by atoms with E-state index in [1.165, 1.54) is 5.57 Å². The van der Waals surface area contributed by atoms with E-state index >= 15 is 0 Å². The molecular weight excluding hydrogens is 98.1 g/mol. The van der Waals surface area contributed by atoms with Gasteiger partial charge < -0.3 is 0 Å². The zero-order valence-electron chi connectivity index (χ0n) is 5.23. The van der Waals surface area contributed by atoms with Crippen LogP contribution in [0.4, 0.5) is 0 Å². The Hall–Kier alpha value is -0.770. The maximum atomic E-state index is 8.47. The standard InChI is InChI=1S/C7H9N/c1-6-3-7(2,4-6)5-8/h3H,4H2,1-2H3. The normalized spacial score (nSPS) is 34.9. The van der Waals surface area contributed by atoms with E-state index in [0.29, 0.717) is 0 Å². The lowest BCUT2D eigenvalue weighted by atomic mass is 9.75. The Balaban J connectivity index is 2.72. The molecule has 0 aliphatic heterocycles. The van der Waals surface area contributed by atoms with E-state index in [9.17, 15) is 0 Å². The van der Waals surface area contributed by atoms with Gasteiger partial charge in [0.15, 0.2) is 0 Å². The molecule has 0 bridgehead atoms. The summed E-state index contributed by atoms with van der Waals surface area (Å²) < 4.78 is 0. The fraction of sp³-hybridized carbons (Fsp3) is 0.571. The van der Waals surface area contributed by atoms with Gasteiger partial charge in [-0.3, -0.25) is 0 Å². The molecule has 1 heteroatoms. The van der Waals surface area contributed by atoms with E-state index < -0.39 is 0 Å². The summed E-state index contributed by atoms with van der Waals surface area (Å²) in [4.78, 5) is 0. The number of hydrogen-bond donors (Lipinski definition) is 0. The first kappa shape index (κ1) is 5.37. The minimum atomic E-state index is -0.121. The summed E-state index contributed by atoms with van der Waals surface area (Å²) >= 11 is 0. The molecule has 0 aromatic heterocycles. The lowest BCUT2D eigenvalue weighted by molar-refractivity contribution is 0.497. The molecule has 0 heterocycles. The third kappa shape index (κ3) is 0.626. The second kappa shape index (κ2) is 1.35. The summed E-state index contributed by atoms with van der Waals surface area (Å²) in [5.41, 5.74) is 1.22. The quantitative estimate of drug-likeness (QED) is 0.433.